The molecule has 1 N–H and O–H groups in total. The molecule has 0 saturated carbocycles. The zero-order valence-corrected chi connectivity index (χ0v) is 14.0. The lowest BCUT2D eigenvalue weighted by Crippen LogP contribution is -2.39. The standard InChI is InChI=1S/C17H20N4O4/c1-25-15-5-3-2-4-13(15)10-12-6-8-20(9-7-12)17(22)14-11-18-19-16(14)21(23)24/h2-5,11-12H,6-10H2,1H3,(H,18,19). The van der Waals surface area contributed by atoms with Crippen LogP contribution in [0.2, 0.25) is 0 Å². The number of aromatic amines is 1. The summed E-state index contributed by atoms with van der Waals surface area (Å²) in [4.78, 5) is 24.5. The van der Waals surface area contributed by atoms with Gasteiger partial charge in [-0.25, -0.2) is 0 Å². The Bertz CT molecular complexity index is 766. The Morgan fingerprint density at radius 2 is 2.12 bits per heavy atom. The number of hydrogen-bond donors (Lipinski definition) is 1. The Morgan fingerprint density at radius 3 is 2.80 bits per heavy atom. The van der Waals surface area contributed by atoms with E-state index in [9.17, 15) is 14.9 Å². The van der Waals surface area contributed by atoms with Gasteiger partial charge in [0.2, 0.25) is 0 Å². The number of carbonyl (C=O) groups excluding carboxylic acids is 1. The second-order valence-corrected chi connectivity index (χ2v) is 6.14. The van der Waals surface area contributed by atoms with Crippen molar-refractivity contribution in [2.75, 3.05) is 20.2 Å². The van der Waals surface area contributed by atoms with Crippen molar-refractivity contribution < 1.29 is 14.5 Å². The van der Waals surface area contributed by atoms with Crippen molar-refractivity contribution in [2.24, 2.45) is 5.92 Å². The van der Waals surface area contributed by atoms with E-state index in [4.69, 9.17) is 4.74 Å². The maximum absolute atomic E-state index is 12.5. The molecule has 2 aromatic rings. The van der Waals surface area contributed by atoms with Gasteiger partial charge in [0.05, 0.1) is 13.3 Å². The highest BCUT2D eigenvalue weighted by Crippen LogP contribution is 2.28. The van der Waals surface area contributed by atoms with E-state index in [1.807, 2.05) is 18.2 Å². The fourth-order valence-corrected chi connectivity index (χ4v) is 3.27. The van der Waals surface area contributed by atoms with Gasteiger partial charge in [-0.2, -0.15) is 0 Å². The van der Waals surface area contributed by atoms with Crippen LogP contribution in [0.1, 0.15) is 28.8 Å². The van der Waals surface area contributed by atoms with Crippen LogP contribution in [0.4, 0.5) is 5.82 Å². The molecule has 1 aromatic heterocycles. The average molecular weight is 344 g/mol. The molecule has 8 heteroatoms. The molecule has 1 fully saturated rings. The van der Waals surface area contributed by atoms with Gasteiger partial charge in [-0.15, -0.1) is 5.10 Å². The summed E-state index contributed by atoms with van der Waals surface area (Å²) in [7, 11) is 1.66. The van der Waals surface area contributed by atoms with Crippen LogP contribution in [-0.2, 0) is 6.42 Å². The lowest BCUT2D eigenvalue weighted by molar-refractivity contribution is -0.389. The van der Waals surface area contributed by atoms with Gasteiger partial charge < -0.3 is 19.8 Å². The first-order valence-electron chi connectivity index (χ1n) is 8.19. The molecule has 1 aliphatic rings. The summed E-state index contributed by atoms with van der Waals surface area (Å²) in [5, 5.41) is 16.8. The van der Waals surface area contributed by atoms with Crippen LogP contribution >= 0.6 is 0 Å². The third kappa shape index (κ3) is 3.62. The molecule has 1 saturated heterocycles. The number of H-pyrrole nitrogens is 1. The number of methoxy groups -OCH3 is 1. The molecular formula is C17H20N4O4. The maximum Gasteiger partial charge on any atom is 0.355 e. The molecule has 0 unspecified atom stereocenters. The number of amides is 1. The second-order valence-electron chi connectivity index (χ2n) is 6.14. The molecule has 0 bridgehead atoms. The first-order chi connectivity index (χ1) is 12.1. The number of benzene rings is 1. The number of para-hydroxylation sites is 1. The zero-order valence-electron chi connectivity index (χ0n) is 14.0. The Labute approximate surface area is 144 Å². The zero-order chi connectivity index (χ0) is 17.8. The van der Waals surface area contributed by atoms with E-state index in [-0.39, 0.29) is 17.3 Å². The fraction of sp³-hybridized carbons (Fsp3) is 0.412. The van der Waals surface area contributed by atoms with Gasteiger partial charge >= 0.3 is 5.82 Å². The third-order valence-corrected chi connectivity index (χ3v) is 4.64. The molecule has 2 heterocycles. The molecule has 1 aromatic carbocycles. The van der Waals surface area contributed by atoms with Crippen molar-refractivity contribution in [3.63, 3.8) is 0 Å². The minimum Gasteiger partial charge on any atom is -0.496 e. The highest BCUT2D eigenvalue weighted by molar-refractivity contribution is 5.97. The van der Waals surface area contributed by atoms with Crippen molar-refractivity contribution in [3.8, 4) is 5.75 Å². The van der Waals surface area contributed by atoms with Crippen LogP contribution in [0.15, 0.2) is 30.5 Å². The molecule has 0 radical (unpaired) electrons. The number of ether oxygens (including phenoxy) is 1. The fourth-order valence-electron chi connectivity index (χ4n) is 3.27. The minimum absolute atomic E-state index is 0.0215. The predicted octanol–water partition coefficient (Wildman–Crippen LogP) is 2.42. The molecule has 0 aliphatic carbocycles. The van der Waals surface area contributed by atoms with E-state index in [1.165, 1.54) is 11.8 Å². The summed E-state index contributed by atoms with van der Waals surface area (Å²) < 4.78 is 5.39. The van der Waals surface area contributed by atoms with Crippen molar-refractivity contribution in [1.82, 2.24) is 15.1 Å². The van der Waals surface area contributed by atoms with Crippen LogP contribution in [0.3, 0.4) is 0 Å². The summed E-state index contributed by atoms with van der Waals surface area (Å²) in [6.45, 7) is 1.17. The number of aromatic nitrogens is 2. The number of nitro groups is 1. The quantitative estimate of drug-likeness (QED) is 0.663. The molecule has 1 amide bonds. The SMILES string of the molecule is COc1ccccc1CC1CCN(C(=O)c2cn[nH]c2[N+](=O)[O-])CC1. The van der Waals surface area contributed by atoms with E-state index in [0.717, 1.165) is 25.0 Å². The Balaban J connectivity index is 1.61. The van der Waals surface area contributed by atoms with Crippen LogP contribution in [0, 0.1) is 16.0 Å². The highest BCUT2D eigenvalue weighted by atomic mass is 16.6. The minimum atomic E-state index is -0.616. The van der Waals surface area contributed by atoms with Crippen molar-refractivity contribution in [3.05, 3.63) is 51.7 Å². The van der Waals surface area contributed by atoms with Crippen LogP contribution in [-0.4, -0.2) is 46.1 Å². The molecule has 1 aliphatic heterocycles. The molecule has 8 nitrogen and oxygen atoms in total. The summed E-state index contributed by atoms with van der Waals surface area (Å²) in [6, 6.07) is 7.95. The van der Waals surface area contributed by atoms with Gasteiger partial charge in [0.25, 0.3) is 5.91 Å². The van der Waals surface area contributed by atoms with Gasteiger partial charge in [0, 0.05) is 13.1 Å². The first-order valence-corrected chi connectivity index (χ1v) is 8.19. The molecule has 132 valence electrons. The molecule has 0 atom stereocenters. The Kier molecular flexibility index (Phi) is 4.97. The van der Waals surface area contributed by atoms with Crippen LogP contribution < -0.4 is 4.74 Å². The topological polar surface area (TPSA) is 101 Å². The highest BCUT2D eigenvalue weighted by Gasteiger charge is 2.29. The second kappa shape index (κ2) is 7.33. The van der Waals surface area contributed by atoms with E-state index in [1.54, 1.807) is 12.0 Å². The Morgan fingerprint density at radius 1 is 1.40 bits per heavy atom. The first kappa shape index (κ1) is 16.9. The van der Waals surface area contributed by atoms with Crippen molar-refractivity contribution in [1.29, 1.82) is 0 Å². The number of piperidine rings is 1. The summed E-state index contributed by atoms with van der Waals surface area (Å²) >= 11 is 0. The number of carbonyl (C=O) groups is 1. The lowest BCUT2D eigenvalue weighted by atomic mass is 9.89. The van der Waals surface area contributed by atoms with Gasteiger partial charge in [-0.3, -0.25) is 4.79 Å². The van der Waals surface area contributed by atoms with E-state index in [0.29, 0.717) is 19.0 Å². The third-order valence-electron chi connectivity index (χ3n) is 4.64. The van der Waals surface area contributed by atoms with Crippen molar-refractivity contribution in [2.45, 2.75) is 19.3 Å². The molecule has 3 rings (SSSR count). The summed E-state index contributed by atoms with van der Waals surface area (Å²) in [6.07, 6.45) is 3.84. The average Bonchev–Trinajstić information content (AvgIpc) is 3.12. The van der Waals surface area contributed by atoms with Gasteiger partial charge in [0.1, 0.15) is 5.75 Å². The van der Waals surface area contributed by atoms with Crippen LogP contribution in [0.25, 0.3) is 0 Å². The monoisotopic (exact) mass is 344 g/mol. The van der Waals surface area contributed by atoms with E-state index < -0.39 is 4.92 Å². The number of hydrogen-bond acceptors (Lipinski definition) is 5. The normalized spacial score (nSPS) is 15.2. The smallest absolute Gasteiger partial charge is 0.355 e. The molecule has 0 spiro atoms. The largest absolute Gasteiger partial charge is 0.496 e. The number of likely N-dealkylation sites (tertiary alicyclic amines) is 1. The van der Waals surface area contributed by atoms with E-state index in [2.05, 4.69) is 16.3 Å². The number of nitrogens with one attached hydrogen (secondary N) is 1. The summed E-state index contributed by atoms with van der Waals surface area (Å²) in [5.74, 6) is 0.659. The maximum atomic E-state index is 12.5. The lowest BCUT2D eigenvalue weighted by Gasteiger charge is -2.32. The molecule has 25 heavy (non-hydrogen) atoms. The van der Waals surface area contributed by atoms with Gasteiger partial charge in [-0.05, 0) is 41.7 Å². The molecular weight excluding hydrogens is 324 g/mol. The van der Waals surface area contributed by atoms with Gasteiger partial charge in [-0.1, -0.05) is 23.3 Å². The van der Waals surface area contributed by atoms with E-state index >= 15 is 0 Å². The number of rotatable bonds is 5. The van der Waals surface area contributed by atoms with Crippen molar-refractivity contribution >= 4 is 11.7 Å². The summed E-state index contributed by atoms with van der Waals surface area (Å²) in [5.41, 5.74) is 1.19. The van der Waals surface area contributed by atoms with Gasteiger partial charge in [0.15, 0.2) is 5.56 Å². The van der Waals surface area contributed by atoms with Crippen LogP contribution in [0.5, 0.6) is 5.75 Å². The predicted molar refractivity (Wildman–Crippen MR) is 90.6 cm³/mol. The number of nitrogens with zero attached hydrogens (tertiary/aromatic N) is 3. The Hall–Kier alpha value is -2.90.